The highest BCUT2D eigenvalue weighted by Crippen LogP contribution is 2.33. The van der Waals surface area contributed by atoms with Crippen LogP contribution in [0.1, 0.15) is 18.0 Å². The Hall–Kier alpha value is -3.46. The lowest BCUT2D eigenvalue weighted by atomic mass is 10.2. The van der Waals surface area contributed by atoms with Gasteiger partial charge in [-0.3, -0.25) is 14.2 Å². The van der Waals surface area contributed by atoms with Crippen molar-refractivity contribution in [2.24, 2.45) is 0 Å². The van der Waals surface area contributed by atoms with E-state index in [1.54, 1.807) is 21.6 Å². The van der Waals surface area contributed by atoms with Crippen molar-refractivity contribution in [1.82, 2.24) is 24.3 Å². The fraction of sp³-hybridized carbons (Fsp3) is 0.190. The number of hydrogen-bond acceptors (Lipinski definition) is 6. The number of rotatable bonds is 4. The minimum absolute atomic E-state index is 0.173. The molecule has 1 amide bonds. The van der Waals surface area contributed by atoms with Gasteiger partial charge in [0.25, 0.3) is 5.56 Å². The van der Waals surface area contributed by atoms with Gasteiger partial charge in [0, 0.05) is 18.4 Å². The predicted molar refractivity (Wildman–Crippen MR) is 115 cm³/mol. The topological polar surface area (TPSA) is 94.7 Å². The molecule has 0 fully saturated rings. The maximum Gasteiger partial charge on any atom is 0.265 e. The Kier molecular flexibility index (Phi) is 4.59. The van der Waals surface area contributed by atoms with E-state index in [4.69, 9.17) is 0 Å². The number of pyridine rings is 1. The molecule has 4 heterocycles. The minimum Gasteiger partial charge on any atom is -0.311 e. The van der Waals surface area contributed by atoms with E-state index in [1.165, 1.54) is 11.8 Å². The Morgan fingerprint density at radius 3 is 2.90 bits per heavy atom. The van der Waals surface area contributed by atoms with Crippen molar-refractivity contribution in [3.05, 3.63) is 70.8 Å². The molecule has 1 aliphatic heterocycles. The maximum atomic E-state index is 13.2. The van der Waals surface area contributed by atoms with Crippen LogP contribution in [0, 0.1) is 6.92 Å². The zero-order chi connectivity index (χ0) is 20.7. The molecule has 0 aliphatic carbocycles. The number of hydrogen-bond donors (Lipinski definition) is 1. The second kappa shape index (κ2) is 7.42. The normalized spacial score (nSPS) is 15.3. The number of thioether (sulfide) groups is 1. The first-order chi connectivity index (χ1) is 14.6. The van der Waals surface area contributed by atoms with Crippen LogP contribution < -0.4 is 10.9 Å². The van der Waals surface area contributed by atoms with E-state index in [0.29, 0.717) is 27.8 Å². The van der Waals surface area contributed by atoms with Crippen LogP contribution in [-0.2, 0) is 4.79 Å². The monoisotopic (exact) mass is 418 g/mol. The van der Waals surface area contributed by atoms with Crippen LogP contribution in [0.15, 0.2) is 64.8 Å². The molecule has 150 valence electrons. The minimum atomic E-state index is -0.265. The van der Waals surface area contributed by atoms with Crippen molar-refractivity contribution in [1.29, 1.82) is 0 Å². The third kappa shape index (κ3) is 3.26. The zero-order valence-electron chi connectivity index (χ0n) is 16.1. The Morgan fingerprint density at radius 2 is 2.10 bits per heavy atom. The average molecular weight is 418 g/mol. The molecule has 1 aliphatic rings. The number of benzene rings is 1. The van der Waals surface area contributed by atoms with Crippen LogP contribution in [0.25, 0.3) is 16.7 Å². The number of nitrogens with one attached hydrogen (secondary N) is 1. The van der Waals surface area contributed by atoms with E-state index in [2.05, 4.69) is 20.4 Å². The second-order valence-electron chi connectivity index (χ2n) is 7.13. The fourth-order valence-electron chi connectivity index (χ4n) is 3.55. The molecule has 30 heavy (non-hydrogen) atoms. The van der Waals surface area contributed by atoms with Crippen molar-refractivity contribution in [3.8, 4) is 5.69 Å². The van der Waals surface area contributed by atoms with E-state index in [9.17, 15) is 9.59 Å². The van der Waals surface area contributed by atoms with E-state index < -0.39 is 0 Å². The van der Waals surface area contributed by atoms with Gasteiger partial charge < -0.3 is 5.32 Å². The first-order valence-electron chi connectivity index (χ1n) is 9.51. The SMILES string of the molecule is Cc1ccnc(NC(=O)C[C@@H]2CSc3nc4c(cnn4-c4ccccc4)c(=O)n32)c1. The van der Waals surface area contributed by atoms with Crippen LogP contribution in [0.2, 0.25) is 0 Å². The number of aryl methyl sites for hydroxylation is 1. The highest BCUT2D eigenvalue weighted by Gasteiger charge is 2.29. The van der Waals surface area contributed by atoms with Crippen molar-refractivity contribution in [2.45, 2.75) is 24.5 Å². The third-order valence-electron chi connectivity index (χ3n) is 4.98. The first-order valence-corrected chi connectivity index (χ1v) is 10.5. The first kappa shape index (κ1) is 18.6. The highest BCUT2D eigenvalue weighted by atomic mass is 32.2. The number of carbonyl (C=O) groups excluding carboxylic acids is 1. The van der Waals surface area contributed by atoms with Gasteiger partial charge in [-0.15, -0.1) is 0 Å². The Labute approximate surface area is 176 Å². The van der Waals surface area contributed by atoms with Crippen LogP contribution in [0.5, 0.6) is 0 Å². The number of para-hydroxylation sites is 1. The largest absolute Gasteiger partial charge is 0.311 e. The lowest BCUT2D eigenvalue weighted by Gasteiger charge is -2.13. The molecule has 5 rings (SSSR count). The summed E-state index contributed by atoms with van der Waals surface area (Å²) < 4.78 is 3.29. The van der Waals surface area contributed by atoms with Crippen LogP contribution >= 0.6 is 11.8 Å². The van der Waals surface area contributed by atoms with Crippen LogP contribution in [-0.4, -0.2) is 36.0 Å². The molecule has 1 N–H and O–H groups in total. The lowest BCUT2D eigenvalue weighted by molar-refractivity contribution is -0.116. The summed E-state index contributed by atoms with van der Waals surface area (Å²) in [6.45, 7) is 1.94. The summed E-state index contributed by atoms with van der Waals surface area (Å²) in [4.78, 5) is 34.6. The van der Waals surface area contributed by atoms with Gasteiger partial charge in [-0.2, -0.15) is 5.10 Å². The average Bonchev–Trinajstić information content (AvgIpc) is 3.34. The van der Waals surface area contributed by atoms with E-state index in [0.717, 1.165) is 11.3 Å². The lowest BCUT2D eigenvalue weighted by Crippen LogP contribution is -2.28. The number of carbonyl (C=O) groups is 1. The van der Waals surface area contributed by atoms with Gasteiger partial charge in [0.2, 0.25) is 5.91 Å². The molecule has 9 heteroatoms. The summed E-state index contributed by atoms with van der Waals surface area (Å²) in [5.41, 5.74) is 2.21. The van der Waals surface area contributed by atoms with E-state index >= 15 is 0 Å². The summed E-state index contributed by atoms with van der Waals surface area (Å²) in [5.74, 6) is 0.942. The van der Waals surface area contributed by atoms with Crippen molar-refractivity contribution >= 4 is 34.5 Å². The second-order valence-corrected chi connectivity index (χ2v) is 8.12. The number of amides is 1. The Morgan fingerprint density at radius 1 is 1.27 bits per heavy atom. The van der Waals surface area contributed by atoms with E-state index in [-0.39, 0.29) is 23.9 Å². The quantitative estimate of drug-likeness (QED) is 0.512. The van der Waals surface area contributed by atoms with Gasteiger partial charge in [-0.25, -0.2) is 14.6 Å². The van der Waals surface area contributed by atoms with Gasteiger partial charge in [-0.05, 0) is 36.8 Å². The zero-order valence-corrected chi connectivity index (χ0v) is 17.0. The van der Waals surface area contributed by atoms with Crippen molar-refractivity contribution < 1.29 is 4.79 Å². The van der Waals surface area contributed by atoms with Gasteiger partial charge in [0.1, 0.15) is 11.2 Å². The smallest absolute Gasteiger partial charge is 0.265 e. The number of nitrogens with zero attached hydrogens (tertiary/aromatic N) is 5. The van der Waals surface area contributed by atoms with Gasteiger partial charge in [0.05, 0.1) is 17.9 Å². The Balaban J connectivity index is 1.45. The summed E-state index contributed by atoms with van der Waals surface area (Å²) >= 11 is 1.48. The highest BCUT2D eigenvalue weighted by molar-refractivity contribution is 7.99. The standard InChI is InChI=1S/C21H18N6O2S/c1-13-7-8-22-17(9-13)24-18(28)10-15-12-30-21-25-19-16(20(29)26(15)21)11-23-27(19)14-5-3-2-4-6-14/h2-9,11,15H,10,12H2,1H3,(H,22,24,28)/t15-/m1/s1. The molecule has 1 atom stereocenters. The van der Waals surface area contributed by atoms with Crippen molar-refractivity contribution in [2.75, 3.05) is 11.1 Å². The van der Waals surface area contributed by atoms with Gasteiger partial charge >= 0.3 is 0 Å². The molecule has 0 radical (unpaired) electrons. The molecule has 0 saturated carbocycles. The molecule has 3 aromatic heterocycles. The number of aromatic nitrogens is 5. The van der Waals surface area contributed by atoms with Gasteiger partial charge in [0.15, 0.2) is 10.8 Å². The Bertz CT molecular complexity index is 1310. The molecule has 0 unspecified atom stereocenters. The van der Waals surface area contributed by atoms with Crippen molar-refractivity contribution in [3.63, 3.8) is 0 Å². The molecule has 0 bridgehead atoms. The molecule has 8 nitrogen and oxygen atoms in total. The van der Waals surface area contributed by atoms with Crippen LogP contribution in [0.4, 0.5) is 5.82 Å². The van der Waals surface area contributed by atoms with E-state index in [1.807, 2.05) is 49.4 Å². The fourth-order valence-corrected chi connectivity index (χ4v) is 4.68. The molecule has 0 spiro atoms. The molecule has 4 aromatic rings. The summed E-state index contributed by atoms with van der Waals surface area (Å²) in [6, 6.07) is 13.0. The molecular weight excluding hydrogens is 400 g/mol. The summed E-state index contributed by atoms with van der Waals surface area (Å²) in [5, 5.41) is 8.22. The molecule has 1 aromatic carbocycles. The summed E-state index contributed by atoms with van der Waals surface area (Å²) in [7, 11) is 0. The number of fused-ring (bicyclic) bond motifs is 2. The molecular formula is C21H18N6O2S. The third-order valence-corrected chi connectivity index (χ3v) is 6.07. The summed E-state index contributed by atoms with van der Waals surface area (Å²) in [6.07, 6.45) is 3.37. The van der Waals surface area contributed by atoms with Gasteiger partial charge in [-0.1, -0.05) is 30.0 Å². The number of anilines is 1. The predicted octanol–water partition coefficient (Wildman–Crippen LogP) is 2.96. The maximum absolute atomic E-state index is 13.2. The molecule has 0 saturated heterocycles. The van der Waals surface area contributed by atoms with Crippen LogP contribution in [0.3, 0.4) is 0 Å².